The average molecular weight is 302 g/mol. The summed E-state index contributed by atoms with van der Waals surface area (Å²) in [4.78, 5) is 0. The summed E-state index contributed by atoms with van der Waals surface area (Å²) in [6.45, 7) is 3.53. The summed E-state index contributed by atoms with van der Waals surface area (Å²) in [5.41, 5.74) is 0.340. The van der Waals surface area contributed by atoms with Crippen molar-refractivity contribution in [2.45, 2.75) is 82.6 Å². The third-order valence-electron chi connectivity index (χ3n) is 6.42. The lowest BCUT2D eigenvalue weighted by molar-refractivity contribution is 0.196. The van der Waals surface area contributed by atoms with Gasteiger partial charge in [0.15, 0.2) is 0 Å². The fraction of sp³-hybridized carbons (Fsp3) is 0.889. The number of fused-ring (bicyclic) bond motifs is 1. The SMILES string of the molecule is C1CCCn2c(nnc2C2(C3CCNCC3)CCCC2)CC1. The van der Waals surface area contributed by atoms with Crippen LogP contribution in [0.4, 0.5) is 0 Å². The van der Waals surface area contributed by atoms with Crippen molar-refractivity contribution in [3.05, 3.63) is 11.6 Å². The van der Waals surface area contributed by atoms with E-state index in [4.69, 9.17) is 5.10 Å². The van der Waals surface area contributed by atoms with E-state index in [2.05, 4.69) is 15.0 Å². The van der Waals surface area contributed by atoms with Crippen molar-refractivity contribution in [1.29, 1.82) is 0 Å². The topological polar surface area (TPSA) is 42.7 Å². The molecule has 0 aromatic carbocycles. The minimum absolute atomic E-state index is 0.340. The van der Waals surface area contributed by atoms with Gasteiger partial charge < -0.3 is 9.88 Å². The lowest BCUT2D eigenvalue weighted by atomic mass is 9.69. The molecule has 4 nitrogen and oxygen atoms in total. The molecule has 0 unspecified atom stereocenters. The van der Waals surface area contributed by atoms with Gasteiger partial charge in [0, 0.05) is 18.4 Å². The monoisotopic (exact) mass is 302 g/mol. The quantitative estimate of drug-likeness (QED) is 0.912. The number of piperidine rings is 1. The first kappa shape index (κ1) is 14.7. The molecule has 22 heavy (non-hydrogen) atoms. The van der Waals surface area contributed by atoms with Crippen molar-refractivity contribution < 1.29 is 0 Å². The Labute approximate surface area is 134 Å². The van der Waals surface area contributed by atoms with Gasteiger partial charge in [-0.05, 0) is 57.5 Å². The molecule has 4 heteroatoms. The van der Waals surface area contributed by atoms with E-state index in [1.807, 2.05) is 0 Å². The maximum atomic E-state index is 4.80. The number of aryl methyl sites for hydroxylation is 1. The summed E-state index contributed by atoms with van der Waals surface area (Å²) in [5, 5.41) is 13.0. The van der Waals surface area contributed by atoms with E-state index in [0.717, 1.165) is 18.9 Å². The lowest BCUT2D eigenvalue weighted by Crippen LogP contribution is -2.42. The zero-order chi connectivity index (χ0) is 14.8. The Bertz CT molecular complexity index is 495. The maximum absolute atomic E-state index is 4.80. The minimum atomic E-state index is 0.340. The molecule has 2 aliphatic heterocycles. The van der Waals surface area contributed by atoms with Crippen LogP contribution in [-0.4, -0.2) is 27.9 Å². The Morgan fingerprint density at radius 1 is 0.909 bits per heavy atom. The van der Waals surface area contributed by atoms with Gasteiger partial charge >= 0.3 is 0 Å². The lowest BCUT2D eigenvalue weighted by Gasteiger charge is -2.39. The highest BCUT2D eigenvalue weighted by Crippen LogP contribution is 2.49. The molecule has 3 aliphatic rings. The Morgan fingerprint density at radius 2 is 1.68 bits per heavy atom. The summed E-state index contributed by atoms with van der Waals surface area (Å²) in [6.07, 6.45) is 14.6. The predicted octanol–water partition coefficient (Wildman–Crippen LogP) is 3.21. The van der Waals surface area contributed by atoms with Crippen molar-refractivity contribution in [2.75, 3.05) is 13.1 Å². The van der Waals surface area contributed by atoms with Crippen molar-refractivity contribution in [3.63, 3.8) is 0 Å². The van der Waals surface area contributed by atoms with Crippen molar-refractivity contribution >= 4 is 0 Å². The van der Waals surface area contributed by atoms with Crippen LogP contribution < -0.4 is 5.32 Å². The molecule has 122 valence electrons. The fourth-order valence-corrected chi connectivity index (χ4v) is 5.22. The van der Waals surface area contributed by atoms with Gasteiger partial charge in [0.1, 0.15) is 11.6 Å². The van der Waals surface area contributed by atoms with Crippen molar-refractivity contribution in [2.24, 2.45) is 5.92 Å². The molecule has 1 aromatic heterocycles. The zero-order valence-corrected chi connectivity index (χ0v) is 13.8. The molecular formula is C18H30N4. The van der Waals surface area contributed by atoms with Gasteiger partial charge in [-0.2, -0.15) is 0 Å². The molecule has 1 saturated carbocycles. The number of hydrogen-bond donors (Lipinski definition) is 1. The fourth-order valence-electron chi connectivity index (χ4n) is 5.22. The first-order valence-corrected chi connectivity index (χ1v) is 9.53. The second-order valence-corrected chi connectivity index (χ2v) is 7.64. The molecule has 4 rings (SSSR count). The van der Waals surface area contributed by atoms with E-state index in [0.29, 0.717) is 5.41 Å². The third-order valence-corrected chi connectivity index (χ3v) is 6.42. The number of hydrogen-bond acceptors (Lipinski definition) is 3. The van der Waals surface area contributed by atoms with Crippen LogP contribution in [0.1, 0.15) is 75.9 Å². The molecule has 0 amide bonds. The van der Waals surface area contributed by atoms with Crippen molar-refractivity contribution in [1.82, 2.24) is 20.1 Å². The van der Waals surface area contributed by atoms with Gasteiger partial charge in [0.05, 0.1) is 0 Å². The van der Waals surface area contributed by atoms with Gasteiger partial charge in [-0.15, -0.1) is 10.2 Å². The van der Waals surface area contributed by atoms with Crippen LogP contribution in [-0.2, 0) is 18.4 Å². The second kappa shape index (κ2) is 6.31. The largest absolute Gasteiger partial charge is 0.317 e. The molecule has 0 atom stereocenters. The normalized spacial score (nSPS) is 26.4. The van der Waals surface area contributed by atoms with Gasteiger partial charge in [-0.1, -0.05) is 25.7 Å². The number of rotatable bonds is 2. The minimum Gasteiger partial charge on any atom is -0.317 e. The van der Waals surface area contributed by atoms with Gasteiger partial charge in [-0.3, -0.25) is 0 Å². The van der Waals surface area contributed by atoms with Crippen LogP contribution in [0.25, 0.3) is 0 Å². The molecule has 1 aliphatic carbocycles. The molecule has 1 aromatic rings. The highest BCUT2D eigenvalue weighted by molar-refractivity contribution is 5.17. The second-order valence-electron chi connectivity index (χ2n) is 7.64. The Hall–Kier alpha value is -0.900. The van der Waals surface area contributed by atoms with Gasteiger partial charge in [0.25, 0.3) is 0 Å². The smallest absolute Gasteiger partial charge is 0.139 e. The molecule has 0 radical (unpaired) electrons. The van der Waals surface area contributed by atoms with E-state index in [-0.39, 0.29) is 0 Å². The predicted molar refractivity (Wildman–Crippen MR) is 87.9 cm³/mol. The van der Waals surface area contributed by atoms with Crippen LogP contribution in [0, 0.1) is 5.92 Å². The molecule has 0 bridgehead atoms. The molecule has 3 heterocycles. The number of nitrogens with one attached hydrogen (secondary N) is 1. The van der Waals surface area contributed by atoms with Crippen LogP contribution >= 0.6 is 0 Å². The van der Waals surface area contributed by atoms with E-state index < -0.39 is 0 Å². The first-order valence-electron chi connectivity index (χ1n) is 9.53. The molecular weight excluding hydrogens is 272 g/mol. The van der Waals surface area contributed by atoms with Crippen LogP contribution in [0.5, 0.6) is 0 Å². The van der Waals surface area contributed by atoms with Gasteiger partial charge in [0.2, 0.25) is 0 Å². The van der Waals surface area contributed by atoms with Crippen LogP contribution in [0.2, 0.25) is 0 Å². The van der Waals surface area contributed by atoms with Crippen molar-refractivity contribution in [3.8, 4) is 0 Å². The summed E-state index contributed by atoms with van der Waals surface area (Å²) in [6, 6.07) is 0. The molecule has 1 saturated heterocycles. The van der Waals surface area contributed by atoms with E-state index in [1.165, 1.54) is 88.9 Å². The van der Waals surface area contributed by atoms with E-state index in [1.54, 1.807) is 0 Å². The summed E-state index contributed by atoms with van der Waals surface area (Å²) < 4.78 is 2.55. The maximum Gasteiger partial charge on any atom is 0.139 e. The van der Waals surface area contributed by atoms with Crippen LogP contribution in [0.3, 0.4) is 0 Å². The summed E-state index contributed by atoms with van der Waals surface area (Å²) in [7, 11) is 0. The summed E-state index contributed by atoms with van der Waals surface area (Å²) >= 11 is 0. The first-order chi connectivity index (χ1) is 10.9. The molecule has 0 spiro atoms. The highest BCUT2D eigenvalue weighted by Gasteiger charge is 2.46. The molecule has 2 fully saturated rings. The van der Waals surface area contributed by atoms with Gasteiger partial charge in [-0.25, -0.2) is 0 Å². The number of nitrogens with zero attached hydrogens (tertiary/aromatic N) is 3. The summed E-state index contributed by atoms with van der Waals surface area (Å²) in [5.74, 6) is 3.46. The Kier molecular flexibility index (Phi) is 4.21. The Morgan fingerprint density at radius 3 is 2.50 bits per heavy atom. The third kappa shape index (κ3) is 2.49. The molecule has 1 N–H and O–H groups in total. The van der Waals surface area contributed by atoms with E-state index >= 15 is 0 Å². The zero-order valence-electron chi connectivity index (χ0n) is 13.8. The van der Waals surface area contributed by atoms with Crippen LogP contribution in [0.15, 0.2) is 0 Å². The Balaban J connectivity index is 1.70. The number of aromatic nitrogens is 3. The standard InChI is InChI=1S/C18H30N4/c1-2-6-14-22-16(7-3-1)20-21-17(22)18(10-4-5-11-18)15-8-12-19-13-9-15/h15,19H,1-14H2. The van der Waals surface area contributed by atoms with E-state index in [9.17, 15) is 0 Å². The average Bonchev–Trinajstić information content (AvgIpc) is 3.16. The highest BCUT2D eigenvalue weighted by atomic mass is 15.3.